The van der Waals surface area contributed by atoms with Crippen LogP contribution in [0.1, 0.15) is 11.6 Å². The molecular formula is C14H10ClFN2. The fourth-order valence-electron chi connectivity index (χ4n) is 1.63. The van der Waals surface area contributed by atoms with E-state index >= 15 is 0 Å². The lowest BCUT2D eigenvalue weighted by Gasteiger charge is -2.14. The Morgan fingerprint density at radius 3 is 2.61 bits per heavy atom. The van der Waals surface area contributed by atoms with Crippen molar-refractivity contribution >= 4 is 17.3 Å². The lowest BCUT2D eigenvalue weighted by Crippen LogP contribution is -2.09. The molecule has 0 radical (unpaired) electrons. The number of benzene rings is 2. The van der Waals surface area contributed by atoms with Crippen LogP contribution >= 0.6 is 11.6 Å². The molecule has 0 aromatic heterocycles. The first-order chi connectivity index (χ1) is 8.70. The molecule has 0 amide bonds. The number of hydrogen-bond acceptors (Lipinski definition) is 2. The van der Waals surface area contributed by atoms with Gasteiger partial charge in [0.1, 0.15) is 11.9 Å². The Hall–Kier alpha value is -2.05. The van der Waals surface area contributed by atoms with Crippen LogP contribution in [0.4, 0.5) is 10.1 Å². The minimum Gasteiger partial charge on any atom is -0.366 e. The van der Waals surface area contributed by atoms with Crippen LogP contribution in [0.25, 0.3) is 0 Å². The molecule has 0 aliphatic carbocycles. The van der Waals surface area contributed by atoms with Gasteiger partial charge in [-0.2, -0.15) is 5.26 Å². The van der Waals surface area contributed by atoms with Crippen LogP contribution in [0.3, 0.4) is 0 Å². The summed E-state index contributed by atoms with van der Waals surface area (Å²) in [4.78, 5) is 0. The summed E-state index contributed by atoms with van der Waals surface area (Å²) in [5, 5.41) is 12.6. The number of nitrogens with one attached hydrogen (secondary N) is 1. The summed E-state index contributed by atoms with van der Waals surface area (Å²) < 4.78 is 13.1. The van der Waals surface area contributed by atoms with Crippen molar-refractivity contribution in [3.63, 3.8) is 0 Å². The first-order valence-corrected chi connectivity index (χ1v) is 5.74. The van der Waals surface area contributed by atoms with Crippen LogP contribution in [0, 0.1) is 17.1 Å². The fourth-order valence-corrected chi connectivity index (χ4v) is 1.88. The average Bonchev–Trinajstić information content (AvgIpc) is 2.37. The minimum atomic E-state index is -0.611. The Morgan fingerprint density at radius 2 is 1.94 bits per heavy atom. The van der Waals surface area contributed by atoms with E-state index in [9.17, 15) is 4.39 Å². The zero-order valence-corrected chi connectivity index (χ0v) is 10.2. The highest BCUT2D eigenvalue weighted by Gasteiger charge is 2.13. The normalized spacial score (nSPS) is 11.6. The average molecular weight is 261 g/mol. The smallest absolute Gasteiger partial charge is 0.141 e. The zero-order chi connectivity index (χ0) is 13.0. The summed E-state index contributed by atoms with van der Waals surface area (Å²) in [6.45, 7) is 0. The number of anilines is 1. The van der Waals surface area contributed by atoms with Crippen molar-refractivity contribution in [2.24, 2.45) is 0 Å². The molecule has 0 fully saturated rings. The van der Waals surface area contributed by atoms with Crippen LogP contribution in [0.2, 0.25) is 5.02 Å². The van der Waals surface area contributed by atoms with Gasteiger partial charge in [-0.3, -0.25) is 0 Å². The van der Waals surface area contributed by atoms with E-state index in [1.165, 1.54) is 12.1 Å². The van der Waals surface area contributed by atoms with Gasteiger partial charge in [-0.1, -0.05) is 35.9 Å². The van der Waals surface area contributed by atoms with E-state index < -0.39 is 6.04 Å². The van der Waals surface area contributed by atoms with Gasteiger partial charge >= 0.3 is 0 Å². The monoisotopic (exact) mass is 260 g/mol. The van der Waals surface area contributed by atoms with Crippen LogP contribution in [0.5, 0.6) is 0 Å². The van der Waals surface area contributed by atoms with Crippen molar-refractivity contribution in [2.45, 2.75) is 6.04 Å². The molecule has 0 heterocycles. The summed E-state index contributed by atoms with van der Waals surface area (Å²) >= 11 is 6.03. The molecule has 1 atom stereocenters. The van der Waals surface area contributed by atoms with Gasteiger partial charge in [0.15, 0.2) is 0 Å². The SMILES string of the molecule is N#CC(Nc1cccc(F)c1)c1ccccc1Cl. The molecule has 4 heteroatoms. The molecule has 0 bridgehead atoms. The summed E-state index contributed by atoms with van der Waals surface area (Å²) in [7, 11) is 0. The van der Waals surface area contributed by atoms with E-state index in [1.54, 1.807) is 36.4 Å². The maximum Gasteiger partial charge on any atom is 0.141 e. The Labute approximate surface area is 110 Å². The summed E-state index contributed by atoms with van der Waals surface area (Å²) in [6, 6.07) is 14.5. The fraction of sp³-hybridized carbons (Fsp3) is 0.0714. The maximum atomic E-state index is 13.1. The Morgan fingerprint density at radius 1 is 1.17 bits per heavy atom. The number of nitrogens with zero attached hydrogens (tertiary/aromatic N) is 1. The van der Waals surface area contributed by atoms with Crippen molar-refractivity contribution < 1.29 is 4.39 Å². The van der Waals surface area contributed by atoms with Gasteiger partial charge in [0.2, 0.25) is 0 Å². The molecule has 2 aromatic carbocycles. The minimum absolute atomic E-state index is 0.351. The van der Waals surface area contributed by atoms with Crippen molar-refractivity contribution in [1.29, 1.82) is 5.26 Å². The van der Waals surface area contributed by atoms with E-state index in [2.05, 4.69) is 11.4 Å². The van der Waals surface area contributed by atoms with Gasteiger partial charge < -0.3 is 5.32 Å². The highest BCUT2D eigenvalue weighted by atomic mass is 35.5. The first kappa shape index (κ1) is 12.4. The molecule has 0 aliphatic rings. The molecular weight excluding hydrogens is 251 g/mol. The summed E-state index contributed by atoms with van der Waals surface area (Å²) in [5.74, 6) is -0.351. The number of nitriles is 1. The second-order valence-electron chi connectivity index (χ2n) is 3.74. The van der Waals surface area contributed by atoms with E-state index in [4.69, 9.17) is 16.9 Å². The number of rotatable bonds is 3. The molecule has 0 spiro atoms. The second-order valence-corrected chi connectivity index (χ2v) is 4.15. The molecule has 2 aromatic rings. The van der Waals surface area contributed by atoms with Crippen molar-refractivity contribution in [2.75, 3.05) is 5.32 Å². The standard InChI is InChI=1S/C14H10ClFN2/c15-13-7-2-1-6-12(13)14(9-17)18-11-5-3-4-10(16)8-11/h1-8,14,18H. The largest absolute Gasteiger partial charge is 0.366 e. The van der Waals surface area contributed by atoms with Crippen molar-refractivity contribution in [1.82, 2.24) is 0 Å². The summed E-state index contributed by atoms with van der Waals surface area (Å²) in [5.41, 5.74) is 1.22. The number of hydrogen-bond donors (Lipinski definition) is 1. The summed E-state index contributed by atoms with van der Waals surface area (Å²) in [6.07, 6.45) is 0. The highest BCUT2D eigenvalue weighted by molar-refractivity contribution is 6.31. The molecule has 2 rings (SSSR count). The predicted molar refractivity (Wildman–Crippen MR) is 69.8 cm³/mol. The topological polar surface area (TPSA) is 35.8 Å². The lowest BCUT2D eigenvalue weighted by molar-refractivity contribution is 0.628. The van der Waals surface area contributed by atoms with Crippen LogP contribution < -0.4 is 5.32 Å². The van der Waals surface area contributed by atoms with Gasteiger partial charge in [-0.05, 0) is 24.3 Å². The molecule has 90 valence electrons. The van der Waals surface area contributed by atoms with E-state index in [0.29, 0.717) is 16.3 Å². The van der Waals surface area contributed by atoms with E-state index in [1.807, 2.05) is 0 Å². The third-order valence-electron chi connectivity index (χ3n) is 2.48. The molecule has 18 heavy (non-hydrogen) atoms. The van der Waals surface area contributed by atoms with Gasteiger partial charge in [0, 0.05) is 16.3 Å². The second kappa shape index (κ2) is 5.52. The van der Waals surface area contributed by atoms with E-state index in [-0.39, 0.29) is 5.82 Å². The molecule has 0 saturated heterocycles. The Balaban J connectivity index is 2.26. The van der Waals surface area contributed by atoms with Crippen molar-refractivity contribution in [3.8, 4) is 6.07 Å². The third kappa shape index (κ3) is 2.79. The number of halogens is 2. The Bertz CT molecular complexity index is 592. The van der Waals surface area contributed by atoms with Crippen molar-refractivity contribution in [3.05, 3.63) is 64.9 Å². The molecule has 1 unspecified atom stereocenters. The molecule has 1 N–H and O–H groups in total. The Kier molecular flexibility index (Phi) is 3.81. The third-order valence-corrected chi connectivity index (χ3v) is 2.83. The lowest BCUT2D eigenvalue weighted by atomic mass is 10.1. The first-order valence-electron chi connectivity index (χ1n) is 5.37. The van der Waals surface area contributed by atoms with Gasteiger partial charge in [0.05, 0.1) is 6.07 Å². The van der Waals surface area contributed by atoms with E-state index in [0.717, 1.165) is 0 Å². The molecule has 0 saturated carbocycles. The van der Waals surface area contributed by atoms with Gasteiger partial charge in [-0.15, -0.1) is 0 Å². The highest BCUT2D eigenvalue weighted by Crippen LogP contribution is 2.25. The quantitative estimate of drug-likeness (QED) is 0.900. The van der Waals surface area contributed by atoms with Gasteiger partial charge in [-0.25, -0.2) is 4.39 Å². The molecule has 0 aliphatic heterocycles. The van der Waals surface area contributed by atoms with Gasteiger partial charge in [0.25, 0.3) is 0 Å². The zero-order valence-electron chi connectivity index (χ0n) is 9.40. The molecule has 2 nitrogen and oxygen atoms in total. The maximum absolute atomic E-state index is 13.1. The van der Waals surface area contributed by atoms with Crippen LogP contribution in [-0.2, 0) is 0 Å². The predicted octanol–water partition coefficient (Wildman–Crippen LogP) is 4.16. The van der Waals surface area contributed by atoms with Crippen LogP contribution in [-0.4, -0.2) is 0 Å². The van der Waals surface area contributed by atoms with Crippen LogP contribution in [0.15, 0.2) is 48.5 Å².